The van der Waals surface area contributed by atoms with E-state index in [0.717, 1.165) is 5.56 Å². The quantitative estimate of drug-likeness (QED) is 0.813. The highest BCUT2D eigenvalue weighted by Crippen LogP contribution is 2.23. The largest absolute Gasteiger partial charge is 0.490 e. The van der Waals surface area contributed by atoms with Crippen molar-refractivity contribution in [1.29, 1.82) is 0 Å². The Labute approximate surface area is 100 Å². The van der Waals surface area contributed by atoms with Gasteiger partial charge in [0.05, 0.1) is 13.0 Å². The molecule has 0 bridgehead atoms. The maximum Gasteiger partial charge on any atom is 0.225 e. The van der Waals surface area contributed by atoms with Crippen molar-refractivity contribution in [1.82, 2.24) is 4.90 Å². The average Bonchev–Trinajstić information content (AvgIpc) is 2.25. The average molecular weight is 240 g/mol. The van der Waals surface area contributed by atoms with E-state index >= 15 is 0 Å². The van der Waals surface area contributed by atoms with Crippen LogP contribution in [0.15, 0.2) is 12.1 Å². The third-order valence-corrected chi connectivity index (χ3v) is 2.39. The molecular weight excluding hydrogens is 223 g/mol. The highest BCUT2D eigenvalue weighted by molar-refractivity contribution is 5.75. The fourth-order valence-electron chi connectivity index (χ4n) is 1.25. The van der Waals surface area contributed by atoms with Crippen molar-refractivity contribution in [3.63, 3.8) is 0 Å². The highest BCUT2D eigenvalue weighted by atomic mass is 19.1. The molecule has 0 heterocycles. The van der Waals surface area contributed by atoms with Crippen molar-refractivity contribution in [3.8, 4) is 5.75 Å². The minimum absolute atomic E-state index is 0.0578. The van der Waals surface area contributed by atoms with E-state index in [0.29, 0.717) is 5.69 Å². The van der Waals surface area contributed by atoms with Crippen molar-refractivity contribution < 1.29 is 13.9 Å². The molecule has 0 fully saturated rings. The third kappa shape index (κ3) is 3.62. The Bertz CT molecular complexity index is 419. The van der Waals surface area contributed by atoms with Crippen LogP contribution in [0.1, 0.15) is 12.0 Å². The van der Waals surface area contributed by atoms with E-state index in [1.807, 2.05) is 0 Å². The maximum absolute atomic E-state index is 13.4. The number of rotatable bonds is 4. The van der Waals surface area contributed by atoms with E-state index in [9.17, 15) is 9.18 Å². The number of hydrogen-bond acceptors (Lipinski definition) is 3. The lowest BCUT2D eigenvalue weighted by Crippen LogP contribution is -2.23. The van der Waals surface area contributed by atoms with Crippen molar-refractivity contribution in [2.75, 3.05) is 26.4 Å². The molecule has 2 N–H and O–H groups in total. The van der Waals surface area contributed by atoms with Gasteiger partial charge in [0, 0.05) is 25.8 Å². The van der Waals surface area contributed by atoms with E-state index in [1.54, 1.807) is 21.0 Å². The van der Waals surface area contributed by atoms with Crippen LogP contribution >= 0.6 is 0 Å². The van der Waals surface area contributed by atoms with Gasteiger partial charge in [-0.3, -0.25) is 4.79 Å². The van der Waals surface area contributed by atoms with Gasteiger partial charge in [0.1, 0.15) is 0 Å². The second kappa shape index (κ2) is 5.52. The van der Waals surface area contributed by atoms with E-state index in [-0.39, 0.29) is 24.7 Å². The zero-order valence-electron chi connectivity index (χ0n) is 10.3. The van der Waals surface area contributed by atoms with Gasteiger partial charge >= 0.3 is 0 Å². The van der Waals surface area contributed by atoms with Crippen molar-refractivity contribution >= 4 is 11.6 Å². The van der Waals surface area contributed by atoms with Crippen LogP contribution in [0, 0.1) is 12.7 Å². The van der Waals surface area contributed by atoms with Gasteiger partial charge in [0.2, 0.25) is 5.91 Å². The molecule has 0 aliphatic carbocycles. The highest BCUT2D eigenvalue weighted by Gasteiger charge is 2.08. The molecule has 0 saturated heterocycles. The van der Waals surface area contributed by atoms with Gasteiger partial charge in [-0.25, -0.2) is 4.39 Å². The van der Waals surface area contributed by atoms with Gasteiger partial charge in [-0.05, 0) is 18.6 Å². The van der Waals surface area contributed by atoms with Gasteiger partial charge in [0.25, 0.3) is 0 Å². The minimum atomic E-state index is -0.509. The Morgan fingerprint density at radius 2 is 2.12 bits per heavy atom. The molecule has 0 atom stereocenters. The van der Waals surface area contributed by atoms with Crippen LogP contribution in [0.3, 0.4) is 0 Å². The molecule has 1 rings (SSSR count). The number of nitrogens with two attached hydrogens (primary N) is 1. The van der Waals surface area contributed by atoms with Gasteiger partial charge in [-0.1, -0.05) is 0 Å². The zero-order valence-corrected chi connectivity index (χ0v) is 10.3. The smallest absolute Gasteiger partial charge is 0.225 e. The maximum atomic E-state index is 13.4. The summed E-state index contributed by atoms with van der Waals surface area (Å²) in [5.74, 6) is -0.439. The number of benzene rings is 1. The summed E-state index contributed by atoms with van der Waals surface area (Å²) in [5.41, 5.74) is 6.69. The number of anilines is 1. The summed E-state index contributed by atoms with van der Waals surface area (Å²) in [5, 5.41) is 0. The predicted molar refractivity (Wildman–Crippen MR) is 64.4 cm³/mol. The fraction of sp³-hybridized carbons (Fsp3) is 0.417. The van der Waals surface area contributed by atoms with Gasteiger partial charge in [0.15, 0.2) is 11.6 Å². The van der Waals surface area contributed by atoms with Crippen molar-refractivity contribution in [3.05, 3.63) is 23.5 Å². The van der Waals surface area contributed by atoms with Gasteiger partial charge < -0.3 is 15.4 Å². The second-order valence-corrected chi connectivity index (χ2v) is 4.03. The first-order valence-corrected chi connectivity index (χ1v) is 5.30. The van der Waals surface area contributed by atoms with Crippen LogP contribution in [0.4, 0.5) is 10.1 Å². The Kier molecular flexibility index (Phi) is 4.31. The molecule has 4 nitrogen and oxygen atoms in total. The Hall–Kier alpha value is -1.78. The van der Waals surface area contributed by atoms with Crippen LogP contribution in [0.2, 0.25) is 0 Å². The Balaban J connectivity index is 2.58. The van der Waals surface area contributed by atoms with Crippen LogP contribution in [-0.2, 0) is 4.79 Å². The third-order valence-electron chi connectivity index (χ3n) is 2.39. The summed E-state index contributed by atoms with van der Waals surface area (Å²) in [7, 11) is 3.33. The molecule has 0 aromatic heterocycles. The van der Waals surface area contributed by atoms with Crippen molar-refractivity contribution in [2.45, 2.75) is 13.3 Å². The summed E-state index contributed by atoms with van der Waals surface area (Å²) in [6, 6.07) is 2.75. The molecule has 0 aliphatic heterocycles. The fourth-order valence-corrected chi connectivity index (χ4v) is 1.25. The summed E-state index contributed by atoms with van der Waals surface area (Å²) >= 11 is 0. The molecule has 0 aliphatic rings. The number of carbonyl (C=O) groups excluding carboxylic acids is 1. The zero-order chi connectivity index (χ0) is 13.0. The lowest BCUT2D eigenvalue weighted by Gasteiger charge is -2.12. The SMILES string of the molecule is Cc1cc(OCCC(=O)N(C)C)c(F)cc1N. The normalized spacial score (nSPS) is 10.1. The molecule has 0 radical (unpaired) electrons. The summed E-state index contributed by atoms with van der Waals surface area (Å²) < 4.78 is 18.6. The topological polar surface area (TPSA) is 55.6 Å². The van der Waals surface area contributed by atoms with Crippen LogP contribution < -0.4 is 10.5 Å². The molecular formula is C12H17FN2O2. The number of nitrogens with zero attached hydrogens (tertiary/aromatic N) is 1. The lowest BCUT2D eigenvalue weighted by molar-refractivity contribution is -0.129. The van der Waals surface area contributed by atoms with Crippen LogP contribution in [0.25, 0.3) is 0 Å². The minimum Gasteiger partial charge on any atom is -0.490 e. The molecule has 1 amide bonds. The summed E-state index contributed by atoms with van der Waals surface area (Å²) in [6.45, 7) is 1.92. The molecule has 0 unspecified atom stereocenters. The molecule has 17 heavy (non-hydrogen) atoms. The van der Waals surface area contributed by atoms with Gasteiger partial charge in [-0.2, -0.15) is 0 Å². The molecule has 1 aromatic rings. The first-order valence-electron chi connectivity index (χ1n) is 5.30. The molecule has 94 valence electrons. The molecule has 5 heteroatoms. The molecule has 0 spiro atoms. The monoisotopic (exact) mass is 240 g/mol. The van der Waals surface area contributed by atoms with Gasteiger partial charge in [-0.15, -0.1) is 0 Å². The molecule has 1 aromatic carbocycles. The second-order valence-electron chi connectivity index (χ2n) is 4.03. The van der Waals surface area contributed by atoms with Crippen LogP contribution in [0.5, 0.6) is 5.75 Å². The number of hydrogen-bond donors (Lipinski definition) is 1. The lowest BCUT2D eigenvalue weighted by atomic mass is 10.2. The summed E-state index contributed by atoms with van der Waals surface area (Å²) in [4.78, 5) is 12.7. The van der Waals surface area contributed by atoms with E-state index < -0.39 is 5.82 Å². The summed E-state index contributed by atoms with van der Waals surface area (Å²) in [6.07, 6.45) is 0.218. The van der Waals surface area contributed by atoms with E-state index in [1.165, 1.54) is 17.0 Å². The number of aryl methyl sites for hydroxylation is 1. The number of nitrogen functional groups attached to an aromatic ring is 1. The predicted octanol–water partition coefficient (Wildman–Crippen LogP) is 1.57. The van der Waals surface area contributed by atoms with E-state index in [4.69, 9.17) is 10.5 Å². The number of carbonyl (C=O) groups is 1. The first kappa shape index (κ1) is 13.3. The number of amides is 1. The van der Waals surface area contributed by atoms with Crippen LogP contribution in [-0.4, -0.2) is 31.5 Å². The molecule has 0 saturated carbocycles. The Morgan fingerprint density at radius 1 is 1.47 bits per heavy atom. The van der Waals surface area contributed by atoms with E-state index in [2.05, 4.69) is 0 Å². The standard InChI is InChI=1S/C12H17FN2O2/c1-8-6-11(9(13)7-10(8)14)17-5-4-12(16)15(2)3/h6-7H,4-5,14H2,1-3H3. The van der Waals surface area contributed by atoms with Crippen molar-refractivity contribution in [2.24, 2.45) is 0 Å². The first-order chi connectivity index (χ1) is 7.91. The number of ether oxygens (including phenoxy) is 1. The number of halogens is 1. The Morgan fingerprint density at radius 3 is 2.71 bits per heavy atom.